The molecule has 21 heavy (non-hydrogen) atoms. The molecule has 0 aliphatic heterocycles. The van der Waals surface area contributed by atoms with Crippen molar-refractivity contribution in [1.29, 1.82) is 0 Å². The molecule has 2 rings (SSSR count). The van der Waals surface area contributed by atoms with Gasteiger partial charge in [-0.15, -0.1) is 0 Å². The van der Waals surface area contributed by atoms with E-state index in [0.29, 0.717) is 11.3 Å². The van der Waals surface area contributed by atoms with Crippen LogP contribution in [0.1, 0.15) is 30.8 Å². The molecule has 0 saturated heterocycles. The molecule has 1 aromatic heterocycles. The molecule has 2 aromatic rings. The maximum atomic E-state index is 13.3. The van der Waals surface area contributed by atoms with Gasteiger partial charge in [0.25, 0.3) is 5.91 Å². The second-order valence-corrected chi connectivity index (χ2v) is 4.95. The minimum absolute atomic E-state index is 0.0474. The number of aryl methyl sites for hydroxylation is 1. The highest BCUT2D eigenvalue weighted by Crippen LogP contribution is 2.22. The molecule has 0 bridgehead atoms. The Labute approximate surface area is 121 Å². The van der Waals surface area contributed by atoms with Crippen LogP contribution in [0.25, 0.3) is 11.3 Å². The van der Waals surface area contributed by atoms with E-state index in [9.17, 15) is 13.6 Å². The number of nitrogens with one attached hydrogen (secondary N) is 1. The smallest absolute Gasteiger partial charge is 0.272 e. The molecule has 6 heteroatoms. The van der Waals surface area contributed by atoms with Crippen LogP contribution < -0.4 is 5.32 Å². The molecule has 0 unspecified atom stereocenters. The molecular weight excluding hydrogens is 276 g/mol. The molecule has 0 fully saturated rings. The van der Waals surface area contributed by atoms with Gasteiger partial charge in [0.2, 0.25) is 0 Å². The third-order valence-electron chi connectivity index (χ3n) is 3.32. The monoisotopic (exact) mass is 293 g/mol. The molecular formula is C15H17F2N3O. The fourth-order valence-corrected chi connectivity index (χ4v) is 1.90. The summed E-state index contributed by atoms with van der Waals surface area (Å²) in [7, 11) is 1.65. The van der Waals surface area contributed by atoms with E-state index in [1.807, 2.05) is 13.8 Å². The number of amides is 1. The normalized spacial score (nSPS) is 12.2. The third-order valence-corrected chi connectivity index (χ3v) is 3.32. The summed E-state index contributed by atoms with van der Waals surface area (Å²) >= 11 is 0. The Morgan fingerprint density at radius 3 is 2.67 bits per heavy atom. The quantitative estimate of drug-likeness (QED) is 0.942. The van der Waals surface area contributed by atoms with Crippen LogP contribution in [0.4, 0.5) is 8.78 Å². The number of aromatic nitrogens is 2. The lowest BCUT2D eigenvalue weighted by molar-refractivity contribution is 0.0933. The van der Waals surface area contributed by atoms with Gasteiger partial charge >= 0.3 is 0 Å². The number of rotatable bonds is 4. The van der Waals surface area contributed by atoms with Crippen LogP contribution in [0.15, 0.2) is 24.3 Å². The number of carbonyl (C=O) groups is 1. The van der Waals surface area contributed by atoms with Gasteiger partial charge < -0.3 is 5.32 Å². The zero-order valence-electron chi connectivity index (χ0n) is 12.2. The summed E-state index contributed by atoms with van der Waals surface area (Å²) in [4.78, 5) is 12.0. The van der Waals surface area contributed by atoms with E-state index in [1.165, 1.54) is 10.7 Å². The van der Waals surface area contributed by atoms with E-state index < -0.39 is 11.6 Å². The van der Waals surface area contributed by atoms with Crippen molar-refractivity contribution in [3.63, 3.8) is 0 Å². The minimum atomic E-state index is -0.931. The summed E-state index contributed by atoms with van der Waals surface area (Å²) in [6.07, 6.45) is 0.814. The Morgan fingerprint density at radius 2 is 2.05 bits per heavy atom. The third kappa shape index (κ3) is 3.26. The molecule has 0 aliphatic rings. The zero-order chi connectivity index (χ0) is 15.6. The minimum Gasteiger partial charge on any atom is -0.348 e. The summed E-state index contributed by atoms with van der Waals surface area (Å²) < 4.78 is 27.7. The lowest BCUT2D eigenvalue weighted by Gasteiger charge is -2.09. The molecule has 112 valence electrons. The van der Waals surface area contributed by atoms with E-state index in [1.54, 1.807) is 13.1 Å². The van der Waals surface area contributed by atoms with Crippen molar-refractivity contribution in [3.05, 3.63) is 41.6 Å². The fourth-order valence-electron chi connectivity index (χ4n) is 1.90. The molecule has 1 amide bonds. The molecule has 1 atom stereocenters. The number of halogens is 2. The van der Waals surface area contributed by atoms with Crippen molar-refractivity contribution in [3.8, 4) is 11.3 Å². The van der Waals surface area contributed by atoms with Gasteiger partial charge in [-0.05, 0) is 37.6 Å². The van der Waals surface area contributed by atoms with Crippen LogP contribution in [0, 0.1) is 11.6 Å². The standard InChI is InChI=1S/C15H17F2N3O/c1-4-9(2)18-15(21)13-8-14(20(3)19-13)10-5-6-11(16)12(17)7-10/h5-9H,4H2,1-3H3,(H,18,21)/t9-/m1/s1. The first-order valence-electron chi connectivity index (χ1n) is 6.72. The van der Waals surface area contributed by atoms with Crippen LogP contribution in [-0.4, -0.2) is 21.7 Å². The molecule has 0 aliphatic carbocycles. The fraction of sp³-hybridized carbons (Fsp3) is 0.333. The summed E-state index contributed by atoms with van der Waals surface area (Å²) in [5.74, 6) is -2.12. The number of benzene rings is 1. The maximum absolute atomic E-state index is 13.3. The molecule has 1 N–H and O–H groups in total. The number of hydrogen-bond acceptors (Lipinski definition) is 2. The lowest BCUT2D eigenvalue weighted by atomic mass is 10.1. The SMILES string of the molecule is CC[C@@H](C)NC(=O)c1cc(-c2ccc(F)c(F)c2)n(C)n1. The molecule has 4 nitrogen and oxygen atoms in total. The Balaban J connectivity index is 2.30. The summed E-state index contributed by atoms with van der Waals surface area (Å²) in [5.41, 5.74) is 1.26. The second-order valence-electron chi connectivity index (χ2n) is 4.95. The summed E-state index contributed by atoms with van der Waals surface area (Å²) in [5, 5.41) is 6.92. The van der Waals surface area contributed by atoms with Crippen LogP contribution in [0.5, 0.6) is 0 Å². The Morgan fingerprint density at radius 1 is 1.33 bits per heavy atom. The van der Waals surface area contributed by atoms with E-state index in [-0.39, 0.29) is 17.6 Å². The number of carbonyl (C=O) groups excluding carboxylic acids is 1. The molecule has 1 aromatic carbocycles. The zero-order valence-corrected chi connectivity index (χ0v) is 12.2. The van der Waals surface area contributed by atoms with Crippen LogP contribution in [-0.2, 0) is 7.05 Å². The first-order valence-corrected chi connectivity index (χ1v) is 6.72. The average Bonchev–Trinajstić information content (AvgIpc) is 2.84. The van der Waals surface area contributed by atoms with Crippen molar-refractivity contribution in [2.24, 2.45) is 7.05 Å². The van der Waals surface area contributed by atoms with Crippen molar-refractivity contribution in [2.75, 3.05) is 0 Å². The van der Waals surface area contributed by atoms with Crippen molar-refractivity contribution >= 4 is 5.91 Å². The van der Waals surface area contributed by atoms with Gasteiger partial charge in [-0.25, -0.2) is 8.78 Å². The van der Waals surface area contributed by atoms with Crippen molar-refractivity contribution in [1.82, 2.24) is 15.1 Å². The predicted molar refractivity (Wildman–Crippen MR) is 75.8 cm³/mol. The molecule has 0 spiro atoms. The van der Waals surface area contributed by atoms with E-state index in [4.69, 9.17) is 0 Å². The van der Waals surface area contributed by atoms with Gasteiger partial charge in [-0.3, -0.25) is 9.48 Å². The topological polar surface area (TPSA) is 46.9 Å². The van der Waals surface area contributed by atoms with Gasteiger partial charge in [0.1, 0.15) is 0 Å². The largest absolute Gasteiger partial charge is 0.348 e. The second kappa shape index (κ2) is 6.03. The van der Waals surface area contributed by atoms with Gasteiger partial charge in [0, 0.05) is 18.7 Å². The maximum Gasteiger partial charge on any atom is 0.272 e. The Hall–Kier alpha value is -2.24. The highest BCUT2D eigenvalue weighted by Gasteiger charge is 2.16. The lowest BCUT2D eigenvalue weighted by Crippen LogP contribution is -2.32. The van der Waals surface area contributed by atoms with E-state index >= 15 is 0 Å². The van der Waals surface area contributed by atoms with Gasteiger partial charge in [-0.1, -0.05) is 6.92 Å². The first kappa shape index (κ1) is 15.2. The van der Waals surface area contributed by atoms with Crippen LogP contribution in [0.2, 0.25) is 0 Å². The number of hydrogen-bond donors (Lipinski definition) is 1. The predicted octanol–water partition coefficient (Wildman–Crippen LogP) is 2.89. The summed E-state index contributed by atoms with van der Waals surface area (Å²) in [6.45, 7) is 3.87. The highest BCUT2D eigenvalue weighted by molar-refractivity contribution is 5.93. The van der Waals surface area contributed by atoms with Crippen molar-refractivity contribution in [2.45, 2.75) is 26.3 Å². The van der Waals surface area contributed by atoms with Crippen molar-refractivity contribution < 1.29 is 13.6 Å². The summed E-state index contributed by atoms with van der Waals surface area (Å²) in [6, 6.07) is 5.20. The number of nitrogens with zero attached hydrogens (tertiary/aromatic N) is 2. The Bertz CT molecular complexity index is 667. The highest BCUT2D eigenvalue weighted by atomic mass is 19.2. The Kier molecular flexibility index (Phi) is 4.35. The van der Waals surface area contributed by atoms with Crippen LogP contribution >= 0.6 is 0 Å². The van der Waals surface area contributed by atoms with E-state index in [2.05, 4.69) is 10.4 Å². The molecule has 0 saturated carbocycles. The van der Waals surface area contributed by atoms with Crippen LogP contribution in [0.3, 0.4) is 0 Å². The average molecular weight is 293 g/mol. The molecule has 1 heterocycles. The van der Waals surface area contributed by atoms with Gasteiger partial charge in [0.05, 0.1) is 5.69 Å². The van der Waals surface area contributed by atoms with Gasteiger partial charge in [-0.2, -0.15) is 5.10 Å². The molecule has 0 radical (unpaired) electrons. The van der Waals surface area contributed by atoms with E-state index in [0.717, 1.165) is 18.6 Å². The first-order chi connectivity index (χ1) is 9.92. The van der Waals surface area contributed by atoms with Gasteiger partial charge in [0.15, 0.2) is 17.3 Å².